The number of aliphatic carboxylic acids is 1. The molecule has 0 saturated carbocycles. The van der Waals surface area contributed by atoms with E-state index < -0.39 is 5.97 Å². The highest BCUT2D eigenvalue weighted by Crippen LogP contribution is 2.22. The molecule has 1 N–H and O–H groups in total. The van der Waals surface area contributed by atoms with Crippen LogP contribution >= 0.6 is 0 Å². The van der Waals surface area contributed by atoms with E-state index in [1.165, 1.54) is 0 Å². The van der Waals surface area contributed by atoms with Gasteiger partial charge >= 0.3 is 5.97 Å². The summed E-state index contributed by atoms with van der Waals surface area (Å²) in [6.45, 7) is 3.35. The van der Waals surface area contributed by atoms with Gasteiger partial charge in [-0.3, -0.25) is 9.59 Å². The van der Waals surface area contributed by atoms with Gasteiger partial charge in [0.1, 0.15) is 5.69 Å². The Bertz CT molecular complexity index is 507. The number of rotatable bonds is 3. The van der Waals surface area contributed by atoms with Gasteiger partial charge in [0.2, 0.25) is 0 Å². The lowest BCUT2D eigenvalue weighted by atomic mass is 9.97. The molecule has 0 unspecified atom stereocenters. The molecule has 1 saturated heterocycles. The first-order valence-electron chi connectivity index (χ1n) is 7.12. The van der Waals surface area contributed by atoms with Crippen LogP contribution in [0.25, 0.3) is 0 Å². The van der Waals surface area contributed by atoms with Crippen LogP contribution in [0.4, 0.5) is 0 Å². The number of carbonyl (C=O) groups excluding carboxylic acids is 1. The van der Waals surface area contributed by atoms with Crippen molar-refractivity contribution in [2.24, 2.45) is 13.0 Å². The summed E-state index contributed by atoms with van der Waals surface area (Å²) in [6, 6.07) is 3.80. The van der Waals surface area contributed by atoms with E-state index in [1.54, 1.807) is 0 Å². The summed E-state index contributed by atoms with van der Waals surface area (Å²) in [4.78, 5) is 25.1. The maximum absolute atomic E-state index is 12.5. The number of nitrogens with zero attached hydrogens (tertiary/aromatic N) is 2. The molecule has 1 amide bonds. The molecule has 110 valence electrons. The monoisotopic (exact) mass is 278 g/mol. The van der Waals surface area contributed by atoms with Crippen molar-refractivity contribution in [2.45, 2.75) is 32.6 Å². The van der Waals surface area contributed by atoms with E-state index in [2.05, 4.69) is 0 Å². The van der Waals surface area contributed by atoms with Crippen molar-refractivity contribution < 1.29 is 14.7 Å². The van der Waals surface area contributed by atoms with E-state index in [1.807, 2.05) is 35.6 Å². The van der Waals surface area contributed by atoms with Crippen LogP contribution in [0, 0.1) is 12.8 Å². The number of carbonyl (C=O) groups is 2. The summed E-state index contributed by atoms with van der Waals surface area (Å²) in [7, 11) is 1.90. The zero-order valence-corrected chi connectivity index (χ0v) is 12.1. The molecule has 0 bridgehead atoms. The smallest absolute Gasteiger partial charge is 0.303 e. The number of hydrogen-bond donors (Lipinski definition) is 1. The summed E-state index contributed by atoms with van der Waals surface area (Å²) < 4.78 is 1.90. The van der Waals surface area contributed by atoms with E-state index in [0.717, 1.165) is 31.5 Å². The fourth-order valence-electron chi connectivity index (χ4n) is 2.81. The topological polar surface area (TPSA) is 62.5 Å². The number of hydrogen-bond acceptors (Lipinski definition) is 2. The Morgan fingerprint density at radius 2 is 2.05 bits per heavy atom. The Morgan fingerprint density at radius 1 is 1.30 bits per heavy atom. The molecule has 2 rings (SSSR count). The first kappa shape index (κ1) is 14.6. The molecule has 1 aromatic rings. The summed E-state index contributed by atoms with van der Waals surface area (Å²) in [5.74, 6) is -0.496. The Kier molecular flexibility index (Phi) is 4.47. The van der Waals surface area contributed by atoms with Gasteiger partial charge in [-0.15, -0.1) is 0 Å². The zero-order chi connectivity index (χ0) is 14.7. The third-order valence-corrected chi connectivity index (χ3v) is 4.19. The summed E-state index contributed by atoms with van der Waals surface area (Å²) >= 11 is 0. The number of likely N-dealkylation sites (tertiary alicyclic amines) is 1. The van der Waals surface area contributed by atoms with Crippen molar-refractivity contribution in [2.75, 3.05) is 13.1 Å². The molecule has 1 aliphatic heterocycles. The van der Waals surface area contributed by atoms with Gasteiger partial charge in [-0.25, -0.2) is 0 Å². The first-order valence-corrected chi connectivity index (χ1v) is 7.12. The Labute approximate surface area is 119 Å². The molecule has 2 heterocycles. The number of carboxylic acids is 1. The SMILES string of the molecule is Cc1ccc(C(=O)N2CCC[C@H](CC(=O)O)CC2)n1C. The van der Waals surface area contributed by atoms with Gasteiger partial charge in [0.15, 0.2) is 0 Å². The Morgan fingerprint density at radius 3 is 2.65 bits per heavy atom. The second kappa shape index (κ2) is 6.11. The van der Waals surface area contributed by atoms with Crippen molar-refractivity contribution in [3.63, 3.8) is 0 Å². The minimum absolute atomic E-state index is 0.0524. The predicted molar refractivity (Wildman–Crippen MR) is 75.6 cm³/mol. The lowest BCUT2D eigenvalue weighted by molar-refractivity contribution is -0.138. The van der Waals surface area contributed by atoms with Crippen molar-refractivity contribution in [1.82, 2.24) is 9.47 Å². The molecular formula is C15H22N2O3. The van der Waals surface area contributed by atoms with Crippen molar-refractivity contribution in [3.05, 3.63) is 23.5 Å². The molecule has 0 aliphatic carbocycles. The lowest BCUT2D eigenvalue weighted by Crippen LogP contribution is -2.33. The van der Waals surface area contributed by atoms with E-state index in [-0.39, 0.29) is 18.2 Å². The molecule has 0 spiro atoms. The number of aryl methyl sites for hydroxylation is 1. The average Bonchev–Trinajstić information content (AvgIpc) is 2.61. The van der Waals surface area contributed by atoms with E-state index in [0.29, 0.717) is 12.2 Å². The minimum atomic E-state index is -0.743. The zero-order valence-electron chi connectivity index (χ0n) is 12.1. The lowest BCUT2D eigenvalue weighted by Gasteiger charge is -2.21. The normalized spacial score (nSPS) is 19.7. The molecule has 0 aromatic carbocycles. The molecule has 1 fully saturated rings. The highest BCUT2D eigenvalue weighted by atomic mass is 16.4. The summed E-state index contributed by atoms with van der Waals surface area (Å²) in [5, 5.41) is 8.87. The van der Waals surface area contributed by atoms with Crippen LogP contribution in [0.1, 0.15) is 41.9 Å². The molecule has 5 nitrogen and oxygen atoms in total. The van der Waals surface area contributed by atoms with Crippen molar-refractivity contribution in [3.8, 4) is 0 Å². The van der Waals surface area contributed by atoms with Gasteiger partial charge in [-0.05, 0) is 44.2 Å². The molecule has 20 heavy (non-hydrogen) atoms. The molecule has 0 radical (unpaired) electrons. The summed E-state index contributed by atoms with van der Waals surface area (Å²) in [5.41, 5.74) is 1.77. The van der Waals surface area contributed by atoms with E-state index in [4.69, 9.17) is 5.11 Å². The largest absolute Gasteiger partial charge is 0.481 e. The number of aromatic nitrogens is 1. The van der Waals surface area contributed by atoms with Gasteiger partial charge in [-0.2, -0.15) is 0 Å². The van der Waals surface area contributed by atoms with Crippen LogP contribution in [0.5, 0.6) is 0 Å². The van der Waals surface area contributed by atoms with Crippen LogP contribution in [-0.2, 0) is 11.8 Å². The standard InChI is InChI=1S/C15H22N2O3/c1-11-5-6-13(16(11)2)15(20)17-8-3-4-12(7-9-17)10-14(18)19/h5-6,12H,3-4,7-10H2,1-2H3,(H,18,19)/t12-/m0/s1. The van der Waals surface area contributed by atoms with Gasteiger partial charge in [0.25, 0.3) is 5.91 Å². The fraction of sp³-hybridized carbons (Fsp3) is 0.600. The minimum Gasteiger partial charge on any atom is -0.481 e. The van der Waals surface area contributed by atoms with E-state index >= 15 is 0 Å². The van der Waals surface area contributed by atoms with Gasteiger partial charge in [0.05, 0.1) is 0 Å². The highest BCUT2D eigenvalue weighted by Gasteiger charge is 2.24. The maximum atomic E-state index is 12.5. The second-order valence-corrected chi connectivity index (χ2v) is 5.61. The predicted octanol–water partition coefficient (Wildman–Crippen LogP) is 2.05. The second-order valence-electron chi connectivity index (χ2n) is 5.61. The first-order chi connectivity index (χ1) is 9.49. The number of amides is 1. The van der Waals surface area contributed by atoms with E-state index in [9.17, 15) is 9.59 Å². The van der Waals surface area contributed by atoms with Crippen LogP contribution in [0.2, 0.25) is 0 Å². The molecule has 1 aliphatic rings. The van der Waals surface area contributed by atoms with Crippen LogP contribution in [0.15, 0.2) is 12.1 Å². The number of carboxylic acid groups (broad SMARTS) is 1. The fourth-order valence-corrected chi connectivity index (χ4v) is 2.81. The highest BCUT2D eigenvalue weighted by molar-refractivity contribution is 5.93. The van der Waals surface area contributed by atoms with Crippen LogP contribution in [0.3, 0.4) is 0 Å². The molecule has 1 aromatic heterocycles. The van der Waals surface area contributed by atoms with Gasteiger partial charge < -0.3 is 14.6 Å². The third-order valence-electron chi connectivity index (χ3n) is 4.19. The quantitative estimate of drug-likeness (QED) is 0.920. The maximum Gasteiger partial charge on any atom is 0.303 e. The Balaban J connectivity index is 2.01. The summed E-state index contributed by atoms with van der Waals surface area (Å²) in [6.07, 6.45) is 2.77. The van der Waals surface area contributed by atoms with Gasteiger partial charge in [-0.1, -0.05) is 0 Å². The molecule has 5 heteroatoms. The molecule has 1 atom stereocenters. The third kappa shape index (κ3) is 3.21. The van der Waals surface area contributed by atoms with Crippen molar-refractivity contribution in [1.29, 1.82) is 0 Å². The molecular weight excluding hydrogens is 256 g/mol. The van der Waals surface area contributed by atoms with Gasteiger partial charge in [0, 0.05) is 32.3 Å². The average molecular weight is 278 g/mol. The van der Waals surface area contributed by atoms with Crippen molar-refractivity contribution >= 4 is 11.9 Å². The van der Waals surface area contributed by atoms with Crippen LogP contribution in [-0.4, -0.2) is 39.5 Å². The van der Waals surface area contributed by atoms with Crippen LogP contribution < -0.4 is 0 Å². The Hall–Kier alpha value is -1.78.